The molecule has 0 aliphatic carbocycles. The zero-order valence-electron chi connectivity index (χ0n) is 8.53. The third-order valence-electron chi connectivity index (χ3n) is 2.63. The average Bonchev–Trinajstić information content (AvgIpc) is 2.28. The third-order valence-corrected chi connectivity index (χ3v) is 2.63. The van der Waals surface area contributed by atoms with Crippen LogP contribution < -0.4 is 0 Å². The Labute approximate surface area is 88.2 Å². The van der Waals surface area contributed by atoms with Gasteiger partial charge in [0.1, 0.15) is 5.75 Å². The molecule has 2 aromatic carbocycles. The summed E-state index contributed by atoms with van der Waals surface area (Å²) < 4.78 is 0. The number of carbonyl (C=O) groups is 1. The smallest absolute Gasteiger partial charge is 0.154 e. The van der Waals surface area contributed by atoms with Crippen LogP contribution in [0.4, 0.5) is 0 Å². The van der Waals surface area contributed by atoms with Crippen molar-refractivity contribution in [2.75, 3.05) is 0 Å². The molecule has 0 unspecified atom stereocenters. The Morgan fingerprint density at radius 1 is 1.27 bits per heavy atom. The van der Waals surface area contributed by atoms with Gasteiger partial charge >= 0.3 is 0 Å². The van der Waals surface area contributed by atoms with Gasteiger partial charge in [0.25, 0.3) is 0 Å². The Hall–Kier alpha value is -1.83. The van der Waals surface area contributed by atoms with Crippen LogP contribution >= 0.6 is 0 Å². The first-order chi connectivity index (χ1) is 7.26. The van der Waals surface area contributed by atoms with E-state index in [4.69, 9.17) is 0 Å². The molecule has 0 heterocycles. The van der Waals surface area contributed by atoms with Gasteiger partial charge in [-0.05, 0) is 28.8 Å². The SMILES string of the molecule is CCc1ccc2c(C=O)c(O)ccc2c1. The van der Waals surface area contributed by atoms with E-state index in [1.807, 2.05) is 24.3 Å². The lowest BCUT2D eigenvalue weighted by atomic mass is 10.0. The Morgan fingerprint density at radius 3 is 2.73 bits per heavy atom. The van der Waals surface area contributed by atoms with Gasteiger partial charge in [0.15, 0.2) is 6.29 Å². The van der Waals surface area contributed by atoms with Crippen LogP contribution in [0.2, 0.25) is 0 Å². The predicted molar refractivity (Wildman–Crippen MR) is 60.4 cm³/mol. The Balaban J connectivity index is 2.78. The molecule has 76 valence electrons. The molecule has 2 heteroatoms. The fourth-order valence-electron chi connectivity index (χ4n) is 1.74. The molecule has 1 N–H and O–H groups in total. The Kier molecular flexibility index (Phi) is 2.42. The minimum Gasteiger partial charge on any atom is -0.507 e. The minimum absolute atomic E-state index is 0.0433. The molecule has 0 saturated carbocycles. The second kappa shape index (κ2) is 3.73. The summed E-state index contributed by atoms with van der Waals surface area (Å²) >= 11 is 0. The monoisotopic (exact) mass is 200 g/mol. The van der Waals surface area contributed by atoms with Gasteiger partial charge in [0.2, 0.25) is 0 Å². The number of aryl methyl sites for hydroxylation is 1. The largest absolute Gasteiger partial charge is 0.507 e. The lowest BCUT2D eigenvalue weighted by molar-refractivity contribution is 0.112. The quantitative estimate of drug-likeness (QED) is 0.757. The molecular formula is C13H12O2. The van der Waals surface area contributed by atoms with Crippen molar-refractivity contribution in [1.29, 1.82) is 0 Å². The summed E-state index contributed by atoms with van der Waals surface area (Å²) in [6.45, 7) is 2.09. The van der Waals surface area contributed by atoms with Crippen LogP contribution in [-0.4, -0.2) is 11.4 Å². The van der Waals surface area contributed by atoms with E-state index in [1.165, 1.54) is 5.56 Å². The number of benzene rings is 2. The molecule has 0 atom stereocenters. The highest BCUT2D eigenvalue weighted by molar-refractivity contribution is 6.00. The van der Waals surface area contributed by atoms with E-state index in [2.05, 4.69) is 6.92 Å². The molecule has 2 aromatic rings. The molecule has 0 fully saturated rings. The maximum absolute atomic E-state index is 10.8. The zero-order chi connectivity index (χ0) is 10.8. The normalized spacial score (nSPS) is 10.5. The molecule has 2 nitrogen and oxygen atoms in total. The summed E-state index contributed by atoms with van der Waals surface area (Å²) in [4.78, 5) is 10.8. The van der Waals surface area contributed by atoms with Gasteiger partial charge in [-0.2, -0.15) is 0 Å². The molecule has 15 heavy (non-hydrogen) atoms. The van der Waals surface area contributed by atoms with Crippen molar-refractivity contribution in [3.63, 3.8) is 0 Å². The van der Waals surface area contributed by atoms with Gasteiger partial charge in [-0.1, -0.05) is 31.2 Å². The van der Waals surface area contributed by atoms with Crippen LogP contribution in [0.1, 0.15) is 22.8 Å². The van der Waals surface area contributed by atoms with Gasteiger partial charge < -0.3 is 5.11 Å². The fraction of sp³-hybridized carbons (Fsp3) is 0.154. The van der Waals surface area contributed by atoms with E-state index < -0.39 is 0 Å². The van der Waals surface area contributed by atoms with Crippen LogP contribution in [0.25, 0.3) is 10.8 Å². The number of aldehydes is 1. The number of carbonyl (C=O) groups excluding carboxylic acids is 1. The van der Waals surface area contributed by atoms with Crippen LogP contribution in [-0.2, 0) is 6.42 Å². The van der Waals surface area contributed by atoms with Crippen molar-refractivity contribution in [3.05, 3.63) is 41.5 Å². The van der Waals surface area contributed by atoms with E-state index >= 15 is 0 Å². The Morgan fingerprint density at radius 2 is 2.07 bits per heavy atom. The third kappa shape index (κ3) is 1.59. The first kappa shape index (κ1) is 9.71. The van der Waals surface area contributed by atoms with Gasteiger partial charge in [-0.15, -0.1) is 0 Å². The van der Waals surface area contributed by atoms with Crippen LogP contribution in [0.5, 0.6) is 5.75 Å². The summed E-state index contributed by atoms with van der Waals surface area (Å²) in [6, 6.07) is 9.30. The number of fused-ring (bicyclic) bond motifs is 1. The van der Waals surface area contributed by atoms with Crippen molar-refractivity contribution in [3.8, 4) is 5.75 Å². The van der Waals surface area contributed by atoms with Crippen molar-refractivity contribution in [2.24, 2.45) is 0 Å². The maximum Gasteiger partial charge on any atom is 0.154 e. The number of phenolic OH excluding ortho intramolecular Hbond substituents is 1. The van der Waals surface area contributed by atoms with E-state index in [9.17, 15) is 9.90 Å². The number of hydrogen-bond donors (Lipinski definition) is 1. The van der Waals surface area contributed by atoms with Gasteiger partial charge in [-0.3, -0.25) is 4.79 Å². The van der Waals surface area contributed by atoms with Crippen LogP contribution in [0.15, 0.2) is 30.3 Å². The first-order valence-corrected chi connectivity index (χ1v) is 4.96. The van der Waals surface area contributed by atoms with Crippen molar-refractivity contribution in [1.82, 2.24) is 0 Å². The summed E-state index contributed by atoms with van der Waals surface area (Å²) in [5, 5.41) is 11.3. The predicted octanol–water partition coefficient (Wildman–Crippen LogP) is 2.92. The Bertz CT molecular complexity index is 515. The standard InChI is InChI=1S/C13H12O2/c1-2-9-3-5-11-10(7-9)4-6-13(15)12(11)8-14/h3-8,15H,2H2,1H3. The number of aromatic hydroxyl groups is 1. The average molecular weight is 200 g/mol. The molecule has 0 spiro atoms. The molecular weight excluding hydrogens is 188 g/mol. The van der Waals surface area contributed by atoms with E-state index in [0.717, 1.165) is 17.2 Å². The number of hydrogen-bond acceptors (Lipinski definition) is 2. The summed E-state index contributed by atoms with van der Waals surface area (Å²) in [6.07, 6.45) is 1.66. The topological polar surface area (TPSA) is 37.3 Å². The van der Waals surface area contributed by atoms with Crippen molar-refractivity contribution >= 4 is 17.1 Å². The molecule has 0 saturated heterocycles. The molecule has 0 radical (unpaired) electrons. The highest BCUT2D eigenvalue weighted by atomic mass is 16.3. The first-order valence-electron chi connectivity index (χ1n) is 4.96. The van der Waals surface area contributed by atoms with Crippen molar-refractivity contribution < 1.29 is 9.90 Å². The highest BCUT2D eigenvalue weighted by Gasteiger charge is 2.05. The summed E-state index contributed by atoms with van der Waals surface area (Å²) in [7, 11) is 0. The zero-order valence-corrected chi connectivity index (χ0v) is 8.53. The second-order valence-corrected chi connectivity index (χ2v) is 3.53. The molecule has 0 aliphatic heterocycles. The molecule has 0 amide bonds. The van der Waals surface area contributed by atoms with Gasteiger partial charge in [-0.25, -0.2) is 0 Å². The maximum atomic E-state index is 10.8. The van der Waals surface area contributed by atoms with E-state index in [-0.39, 0.29) is 5.75 Å². The lowest BCUT2D eigenvalue weighted by Crippen LogP contribution is -1.87. The minimum atomic E-state index is 0.0433. The fourth-order valence-corrected chi connectivity index (χ4v) is 1.74. The number of phenols is 1. The summed E-state index contributed by atoms with van der Waals surface area (Å²) in [5.74, 6) is 0.0433. The molecule has 2 rings (SSSR count). The van der Waals surface area contributed by atoms with Crippen molar-refractivity contribution in [2.45, 2.75) is 13.3 Å². The highest BCUT2D eigenvalue weighted by Crippen LogP contribution is 2.26. The van der Waals surface area contributed by atoms with E-state index in [0.29, 0.717) is 11.8 Å². The lowest BCUT2D eigenvalue weighted by Gasteiger charge is -2.05. The van der Waals surface area contributed by atoms with Gasteiger partial charge in [0.05, 0.1) is 5.56 Å². The van der Waals surface area contributed by atoms with Crippen LogP contribution in [0.3, 0.4) is 0 Å². The molecule has 0 aliphatic rings. The second-order valence-electron chi connectivity index (χ2n) is 3.53. The number of rotatable bonds is 2. The van der Waals surface area contributed by atoms with E-state index in [1.54, 1.807) is 6.07 Å². The van der Waals surface area contributed by atoms with Crippen LogP contribution in [0, 0.1) is 0 Å². The molecule has 0 bridgehead atoms. The van der Waals surface area contributed by atoms with Gasteiger partial charge in [0, 0.05) is 0 Å². The summed E-state index contributed by atoms with van der Waals surface area (Å²) in [5.41, 5.74) is 1.60. The molecule has 0 aromatic heterocycles.